The van der Waals surface area contributed by atoms with Crippen molar-refractivity contribution >= 4 is 27.4 Å². The van der Waals surface area contributed by atoms with E-state index >= 15 is 0 Å². The molecule has 0 atom stereocenters. The molecule has 0 bridgehead atoms. The summed E-state index contributed by atoms with van der Waals surface area (Å²) in [5.74, 6) is -1.72. The lowest BCUT2D eigenvalue weighted by Crippen LogP contribution is -2.22. The quantitative estimate of drug-likeness (QED) is 0.777. The van der Waals surface area contributed by atoms with Crippen LogP contribution in [0.3, 0.4) is 0 Å². The molecule has 1 amide bonds. The molecular weight excluding hydrogens is 356 g/mol. The van der Waals surface area contributed by atoms with Crippen molar-refractivity contribution < 1.29 is 22.7 Å². The zero-order chi connectivity index (χ0) is 19.2. The topological polar surface area (TPSA) is 113 Å². The fourth-order valence-corrected chi connectivity index (χ4v) is 3.23. The Bertz CT molecular complexity index is 977. The van der Waals surface area contributed by atoms with Crippen LogP contribution in [0, 0.1) is 11.3 Å². The number of anilines is 1. The monoisotopic (exact) mass is 372 g/mol. The molecule has 0 aromatic heterocycles. The minimum Gasteiger partial charge on any atom is -0.452 e. The number of nitriles is 1. The van der Waals surface area contributed by atoms with Gasteiger partial charge in [-0.2, -0.15) is 5.26 Å². The van der Waals surface area contributed by atoms with Crippen LogP contribution in [0.15, 0.2) is 53.4 Å². The Morgan fingerprint density at radius 2 is 1.77 bits per heavy atom. The van der Waals surface area contributed by atoms with Crippen LogP contribution in [0.5, 0.6) is 0 Å². The summed E-state index contributed by atoms with van der Waals surface area (Å²) in [6, 6.07) is 14.0. The molecule has 2 aromatic rings. The first-order valence-electron chi connectivity index (χ1n) is 7.67. The summed E-state index contributed by atoms with van der Waals surface area (Å²) in [6.45, 7) is 0.858. The van der Waals surface area contributed by atoms with Crippen LogP contribution in [0.2, 0.25) is 0 Å². The number of carbonyl (C=O) groups is 2. The normalized spacial score (nSPS) is 10.6. The van der Waals surface area contributed by atoms with Crippen LogP contribution >= 0.6 is 0 Å². The van der Waals surface area contributed by atoms with Crippen LogP contribution in [0.4, 0.5) is 5.69 Å². The summed E-state index contributed by atoms with van der Waals surface area (Å²) in [6.07, 6.45) is 0. The second-order valence-electron chi connectivity index (χ2n) is 5.18. The highest BCUT2D eigenvalue weighted by atomic mass is 32.2. The maximum atomic E-state index is 12.2. The number of sulfone groups is 1. The van der Waals surface area contributed by atoms with Gasteiger partial charge in [0.15, 0.2) is 16.4 Å². The Morgan fingerprint density at radius 1 is 1.12 bits per heavy atom. The first-order chi connectivity index (χ1) is 12.4. The number of rotatable bonds is 6. The highest BCUT2D eigenvalue weighted by Gasteiger charge is 2.22. The van der Waals surface area contributed by atoms with E-state index < -0.39 is 28.3 Å². The molecule has 0 radical (unpaired) electrons. The first-order valence-corrected chi connectivity index (χ1v) is 9.32. The van der Waals surface area contributed by atoms with Crippen molar-refractivity contribution in [1.29, 1.82) is 5.26 Å². The van der Waals surface area contributed by atoms with Crippen molar-refractivity contribution in [3.05, 3.63) is 59.7 Å². The smallest absolute Gasteiger partial charge is 0.339 e. The van der Waals surface area contributed by atoms with Gasteiger partial charge in [0.05, 0.1) is 27.5 Å². The molecule has 1 N–H and O–H groups in total. The van der Waals surface area contributed by atoms with Crippen LogP contribution in [-0.2, 0) is 19.4 Å². The SMILES string of the molecule is CCS(=O)(=O)c1ccccc1C(=O)OCC(=O)Nc1ccccc1C#N. The van der Waals surface area contributed by atoms with Gasteiger partial charge in [-0.05, 0) is 24.3 Å². The van der Waals surface area contributed by atoms with Crippen LogP contribution in [-0.4, -0.2) is 32.7 Å². The van der Waals surface area contributed by atoms with Crippen LogP contribution < -0.4 is 5.32 Å². The Kier molecular flexibility index (Phi) is 6.09. The van der Waals surface area contributed by atoms with Gasteiger partial charge in [0.2, 0.25) is 0 Å². The standard InChI is InChI=1S/C18H16N2O5S/c1-2-26(23,24)16-10-6-4-8-14(16)18(22)25-12-17(21)20-15-9-5-3-7-13(15)11-19/h3-10H,2,12H2,1H3,(H,20,21). The third-order valence-corrected chi connectivity index (χ3v) is 5.26. The summed E-state index contributed by atoms with van der Waals surface area (Å²) in [5, 5.41) is 11.5. The van der Waals surface area contributed by atoms with Crippen molar-refractivity contribution in [3.8, 4) is 6.07 Å². The average Bonchev–Trinajstić information content (AvgIpc) is 2.66. The summed E-state index contributed by atoms with van der Waals surface area (Å²) >= 11 is 0. The van der Waals surface area contributed by atoms with Gasteiger partial charge in [-0.25, -0.2) is 13.2 Å². The lowest BCUT2D eigenvalue weighted by Gasteiger charge is -2.10. The van der Waals surface area contributed by atoms with E-state index in [4.69, 9.17) is 10.00 Å². The fourth-order valence-electron chi connectivity index (χ4n) is 2.15. The number of para-hydroxylation sites is 1. The summed E-state index contributed by atoms with van der Waals surface area (Å²) in [7, 11) is -3.61. The Balaban J connectivity index is 2.08. The van der Waals surface area contributed by atoms with Crippen molar-refractivity contribution in [1.82, 2.24) is 0 Å². The Morgan fingerprint density at radius 3 is 2.46 bits per heavy atom. The number of benzene rings is 2. The molecule has 7 nitrogen and oxygen atoms in total. The zero-order valence-corrected chi connectivity index (χ0v) is 14.7. The molecule has 0 fully saturated rings. The van der Waals surface area contributed by atoms with E-state index in [1.54, 1.807) is 18.2 Å². The molecule has 0 heterocycles. The van der Waals surface area contributed by atoms with Gasteiger partial charge in [0, 0.05) is 0 Å². The summed E-state index contributed by atoms with van der Waals surface area (Å²) in [4.78, 5) is 24.0. The number of carbonyl (C=O) groups excluding carboxylic acids is 2. The van der Waals surface area contributed by atoms with E-state index in [1.165, 1.54) is 37.3 Å². The van der Waals surface area contributed by atoms with Crippen molar-refractivity contribution in [3.63, 3.8) is 0 Å². The molecule has 0 saturated heterocycles. The molecule has 0 aliphatic rings. The second-order valence-corrected chi connectivity index (χ2v) is 7.43. The van der Waals surface area contributed by atoms with Crippen LogP contribution in [0.1, 0.15) is 22.8 Å². The lowest BCUT2D eigenvalue weighted by atomic mass is 10.2. The fraction of sp³-hybridized carbons (Fsp3) is 0.167. The first kappa shape index (κ1) is 19.1. The van der Waals surface area contributed by atoms with Gasteiger partial charge in [0.25, 0.3) is 5.91 Å². The molecule has 2 rings (SSSR count). The third-order valence-electron chi connectivity index (χ3n) is 3.48. The number of esters is 1. The number of nitrogens with zero attached hydrogens (tertiary/aromatic N) is 1. The number of nitrogens with one attached hydrogen (secondary N) is 1. The van der Waals surface area contributed by atoms with E-state index in [2.05, 4.69) is 5.32 Å². The van der Waals surface area contributed by atoms with Crippen molar-refractivity contribution in [2.24, 2.45) is 0 Å². The predicted octanol–water partition coefficient (Wildman–Crippen LogP) is 2.15. The highest BCUT2D eigenvalue weighted by Crippen LogP contribution is 2.18. The minimum absolute atomic E-state index is 0.125. The Labute approximate surface area is 151 Å². The molecule has 134 valence electrons. The zero-order valence-electron chi connectivity index (χ0n) is 13.9. The van der Waals surface area contributed by atoms with E-state index in [9.17, 15) is 18.0 Å². The predicted molar refractivity (Wildman–Crippen MR) is 94.2 cm³/mol. The van der Waals surface area contributed by atoms with Gasteiger partial charge in [-0.1, -0.05) is 31.2 Å². The molecule has 0 spiro atoms. The molecule has 0 saturated carbocycles. The molecule has 26 heavy (non-hydrogen) atoms. The largest absolute Gasteiger partial charge is 0.452 e. The summed E-state index contributed by atoms with van der Waals surface area (Å²) in [5.41, 5.74) is 0.441. The van der Waals surface area contributed by atoms with E-state index in [0.29, 0.717) is 5.69 Å². The van der Waals surface area contributed by atoms with E-state index in [-0.39, 0.29) is 21.8 Å². The maximum absolute atomic E-state index is 12.2. The molecule has 0 aliphatic heterocycles. The van der Waals surface area contributed by atoms with Gasteiger partial charge in [-0.15, -0.1) is 0 Å². The number of hydrogen-bond acceptors (Lipinski definition) is 6. The molecule has 8 heteroatoms. The van der Waals surface area contributed by atoms with E-state index in [1.807, 2.05) is 6.07 Å². The second kappa shape index (κ2) is 8.27. The van der Waals surface area contributed by atoms with Gasteiger partial charge >= 0.3 is 5.97 Å². The molecular formula is C18H16N2O5S. The van der Waals surface area contributed by atoms with Crippen molar-refractivity contribution in [2.75, 3.05) is 17.7 Å². The maximum Gasteiger partial charge on any atom is 0.339 e. The molecule has 2 aromatic carbocycles. The number of amides is 1. The lowest BCUT2D eigenvalue weighted by molar-refractivity contribution is -0.119. The van der Waals surface area contributed by atoms with Crippen LogP contribution in [0.25, 0.3) is 0 Å². The van der Waals surface area contributed by atoms with Gasteiger partial charge < -0.3 is 10.1 Å². The average molecular weight is 372 g/mol. The van der Waals surface area contributed by atoms with Crippen molar-refractivity contribution in [2.45, 2.75) is 11.8 Å². The molecule has 0 unspecified atom stereocenters. The Hall–Kier alpha value is -3.18. The summed E-state index contributed by atoms with van der Waals surface area (Å²) < 4.78 is 29.0. The number of ether oxygens (including phenoxy) is 1. The number of hydrogen-bond donors (Lipinski definition) is 1. The third kappa shape index (κ3) is 4.46. The highest BCUT2D eigenvalue weighted by molar-refractivity contribution is 7.91. The van der Waals surface area contributed by atoms with Gasteiger partial charge in [0.1, 0.15) is 6.07 Å². The van der Waals surface area contributed by atoms with E-state index in [0.717, 1.165) is 0 Å². The van der Waals surface area contributed by atoms with Gasteiger partial charge in [-0.3, -0.25) is 4.79 Å². The molecule has 0 aliphatic carbocycles. The minimum atomic E-state index is -3.61.